The maximum Gasteiger partial charge on any atom is 0.197 e. The monoisotopic (exact) mass is 414 g/mol. The molecule has 1 aliphatic rings. The first-order valence-corrected chi connectivity index (χ1v) is 9.94. The molecule has 0 aromatic heterocycles. The summed E-state index contributed by atoms with van der Waals surface area (Å²) in [6, 6.07) is 13.9. The smallest absolute Gasteiger partial charge is 0.197 e. The summed E-state index contributed by atoms with van der Waals surface area (Å²) in [6.45, 7) is 3.58. The Bertz CT molecular complexity index is 1280. The topological polar surface area (TPSA) is 69.7 Å². The molecule has 3 aromatic carbocycles. The Hall–Kier alpha value is -3.73. The van der Waals surface area contributed by atoms with E-state index in [1.807, 2.05) is 24.3 Å². The van der Waals surface area contributed by atoms with Gasteiger partial charge in [0.15, 0.2) is 17.3 Å². The lowest BCUT2D eigenvalue weighted by atomic mass is 9.83. The number of carbonyl (C=O) groups is 3. The molecule has 1 aliphatic carbocycles. The Morgan fingerprint density at radius 1 is 0.839 bits per heavy atom. The minimum atomic E-state index is -1.22. The van der Waals surface area contributed by atoms with Crippen LogP contribution in [0.4, 0.5) is 0 Å². The van der Waals surface area contributed by atoms with Gasteiger partial charge in [-0.3, -0.25) is 14.4 Å². The van der Waals surface area contributed by atoms with Crippen molar-refractivity contribution in [2.24, 2.45) is 0 Å². The molecule has 0 N–H and O–H groups in total. The molecular weight excluding hydrogens is 392 g/mol. The number of fused-ring (bicyclic) bond motifs is 3. The van der Waals surface area contributed by atoms with E-state index in [0.29, 0.717) is 22.3 Å². The van der Waals surface area contributed by atoms with E-state index in [-0.39, 0.29) is 28.0 Å². The first-order chi connectivity index (χ1) is 14.9. The fourth-order valence-corrected chi connectivity index (χ4v) is 4.28. The molecule has 4 rings (SSSR count). The Kier molecular flexibility index (Phi) is 5.19. The molecule has 0 saturated carbocycles. The molecule has 0 aliphatic heterocycles. The van der Waals surface area contributed by atoms with E-state index in [1.165, 1.54) is 20.3 Å². The minimum absolute atomic E-state index is 0.192. The van der Waals surface area contributed by atoms with E-state index < -0.39 is 17.5 Å². The predicted octanol–water partition coefficient (Wildman–Crippen LogP) is 4.90. The highest BCUT2D eigenvalue weighted by atomic mass is 16.5. The molecule has 0 spiro atoms. The van der Waals surface area contributed by atoms with Crippen molar-refractivity contribution in [3.63, 3.8) is 0 Å². The van der Waals surface area contributed by atoms with Crippen LogP contribution < -0.4 is 9.47 Å². The van der Waals surface area contributed by atoms with Crippen LogP contribution in [0, 0.1) is 0 Å². The zero-order chi connectivity index (χ0) is 22.3. The van der Waals surface area contributed by atoms with Gasteiger partial charge in [-0.2, -0.15) is 0 Å². The molecule has 5 nitrogen and oxygen atoms in total. The van der Waals surface area contributed by atoms with Crippen LogP contribution in [0.3, 0.4) is 0 Å². The summed E-state index contributed by atoms with van der Waals surface area (Å²) in [7, 11) is 2.96. The van der Waals surface area contributed by atoms with Gasteiger partial charge in [0.1, 0.15) is 17.4 Å². The number of rotatable bonds is 4. The van der Waals surface area contributed by atoms with Crippen molar-refractivity contribution in [3.8, 4) is 11.5 Å². The summed E-state index contributed by atoms with van der Waals surface area (Å²) in [5.74, 6) is -1.75. The van der Waals surface area contributed by atoms with Crippen molar-refractivity contribution >= 4 is 28.1 Å². The quantitative estimate of drug-likeness (QED) is 0.448. The van der Waals surface area contributed by atoms with Gasteiger partial charge in [-0.15, -0.1) is 0 Å². The number of carbonyl (C=O) groups excluding carboxylic acids is 3. The van der Waals surface area contributed by atoms with E-state index in [0.717, 1.165) is 5.57 Å². The van der Waals surface area contributed by atoms with E-state index in [2.05, 4.69) is 0 Å². The third kappa shape index (κ3) is 3.13. The lowest BCUT2D eigenvalue weighted by Gasteiger charge is -2.22. The second kappa shape index (κ2) is 7.84. The Morgan fingerprint density at radius 2 is 1.39 bits per heavy atom. The molecule has 0 bridgehead atoms. The molecule has 0 amide bonds. The van der Waals surface area contributed by atoms with Crippen molar-refractivity contribution in [2.45, 2.75) is 19.8 Å². The highest BCUT2D eigenvalue weighted by Crippen LogP contribution is 2.47. The summed E-state index contributed by atoms with van der Waals surface area (Å²) in [5, 5.41) is 1.34. The number of Topliss-reactive ketones (excluding diaryl/α,β-unsaturated/α-hetero) is 1. The SMILES string of the molecule is COc1c2c(c(OC)c3ccccc13)C(C(=O)C=C(C)C)C(=O)c1ccccc1C2=O. The van der Waals surface area contributed by atoms with Gasteiger partial charge in [-0.25, -0.2) is 0 Å². The summed E-state index contributed by atoms with van der Waals surface area (Å²) in [5.41, 5.74) is 1.67. The van der Waals surface area contributed by atoms with Crippen molar-refractivity contribution in [1.82, 2.24) is 0 Å². The predicted molar refractivity (Wildman–Crippen MR) is 118 cm³/mol. The van der Waals surface area contributed by atoms with Crippen LogP contribution in [-0.4, -0.2) is 31.6 Å². The molecule has 156 valence electrons. The van der Waals surface area contributed by atoms with Crippen molar-refractivity contribution in [3.05, 3.63) is 82.4 Å². The molecule has 3 aromatic rings. The van der Waals surface area contributed by atoms with E-state index in [4.69, 9.17) is 9.47 Å². The number of methoxy groups -OCH3 is 2. The minimum Gasteiger partial charge on any atom is -0.496 e. The van der Waals surface area contributed by atoms with Crippen LogP contribution in [0.1, 0.15) is 51.6 Å². The summed E-state index contributed by atoms with van der Waals surface area (Å²) in [6.07, 6.45) is 1.44. The summed E-state index contributed by atoms with van der Waals surface area (Å²) in [4.78, 5) is 40.8. The standard InChI is InChI=1S/C26H22O5/c1-14(2)13-19(27)20-21-22(24(29)16-10-6-5-9-15(16)23(20)28)26(31-4)18-12-8-7-11-17(18)25(21)30-3/h5-13,20H,1-4H3. The lowest BCUT2D eigenvalue weighted by molar-refractivity contribution is -0.115. The van der Waals surface area contributed by atoms with Gasteiger partial charge >= 0.3 is 0 Å². The number of allylic oxidation sites excluding steroid dienone is 2. The van der Waals surface area contributed by atoms with Crippen molar-refractivity contribution in [2.75, 3.05) is 14.2 Å². The Morgan fingerprint density at radius 3 is 1.97 bits per heavy atom. The number of hydrogen-bond acceptors (Lipinski definition) is 5. The van der Waals surface area contributed by atoms with E-state index in [1.54, 1.807) is 38.1 Å². The number of benzene rings is 3. The molecule has 0 radical (unpaired) electrons. The normalized spacial score (nSPS) is 15.0. The van der Waals surface area contributed by atoms with Gasteiger partial charge in [0.25, 0.3) is 0 Å². The van der Waals surface area contributed by atoms with Gasteiger partial charge in [0.2, 0.25) is 0 Å². The number of ketones is 3. The molecule has 0 fully saturated rings. The van der Waals surface area contributed by atoms with Gasteiger partial charge < -0.3 is 9.47 Å². The highest BCUT2D eigenvalue weighted by molar-refractivity contribution is 6.29. The lowest BCUT2D eigenvalue weighted by Crippen LogP contribution is -2.22. The molecule has 1 unspecified atom stereocenters. The van der Waals surface area contributed by atoms with Gasteiger partial charge in [-0.1, -0.05) is 54.1 Å². The summed E-state index contributed by atoms with van der Waals surface area (Å²) >= 11 is 0. The van der Waals surface area contributed by atoms with Crippen LogP contribution in [0.25, 0.3) is 10.8 Å². The number of ether oxygens (including phenoxy) is 2. The second-order valence-electron chi connectivity index (χ2n) is 7.70. The highest BCUT2D eigenvalue weighted by Gasteiger charge is 2.42. The van der Waals surface area contributed by atoms with Crippen LogP contribution in [-0.2, 0) is 4.79 Å². The fraction of sp³-hybridized carbons (Fsp3) is 0.192. The van der Waals surface area contributed by atoms with Crippen LogP contribution in [0.5, 0.6) is 11.5 Å². The molecule has 31 heavy (non-hydrogen) atoms. The van der Waals surface area contributed by atoms with Crippen LogP contribution in [0.15, 0.2) is 60.2 Å². The maximum atomic E-state index is 13.7. The Balaban J connectivity index is 2.23. The third-order valence-electron chi connectivity index (χ3n) is 5.50. The molecule has 5 heteroatoms. The molecule has 0 heterocycles. The average molecular weight is 414 g/mol. The number of hydrogen-bond donors (Lipinski definition) is 0. The zero-order valence-corrected chi connectivity index (χ0v) is 17.8. The largest absolute Gasteiger partial charge is 0.496 e. The van der Waals surface area contributed by atoms with Gasteiger partial charge in [0.05, 0.1) is 19.8 Å². The van der Waals surface area contributed by atoms with Gasteiger partial charge in [-0.05, 0) is 19.9 Å². The average Bonchev–Trinajstić information content (AvgIpc) is 2.85. The summed E-state index contributed by atoms with van der Waals surface area (Å²) < 4.78 is 11.4. The molecular formula is C26H22O5. The Labute approximate surface area is 180 Å². The van der Waals surface area contributed by atoms with Crippen LogP contribution >= 0.6 is 0 Å². The fourth-order valence-electron chi connectivity index (χ4n) is 4.28. The van der Waals surface area contributed by atoms with Crippen molar-refractivity contribution < 1.29 is 23.9 Å². The van der Waals surface area contributed by atoms with Crippen molar-refractivity contribution in [1.29, 1.82) is 0 Å². The third-order valence-corrected chi connectivity index (χ3v) is 5.50. The molecule has 0 saturated heterocycles. The van der Waals surface area contributed by atoms with Crippen LogP contribution in [0.2, 0.25) is 0 Å². The zero-order valence-electron chi connectivity index (χ0n) is 17.8. The van der Waals surface area contributed by atoms with E-state index >= 15 is 0 Å². The van der Waals surface area contributed by atoms with E-state index in [9.17, 15) is 14.4 Å². The first kappa shape index (κ1) is 20.5. The van der Waals surface area contributed by atoms with Gasteiger partial charge in [0, 0.05) is 27.5 Å². The molecule has 1 atom stereocenters. The first-order valence-electron chi connectivity index (χ1n) is 9.94. The second-order valence-corrected chi connectivity index (χ2v) is 7.70. The maximum absolute atomic E-state index is 13.7.